The van der Waals surface area contributed by atoms with Gasteiger partial charge >= 0.3 is 5.97 Å². The van der Waals surface area contributed by atoms with Gasteiger partial charge in [0.2, 0.25) is 0 Å². The Labute approximate surface area is 160 Å². The predicted molar refractivity (Wildman–Crippen MR) is 101 cm³/mol. The maximum Gasteiger partial charge on any atom is 0.325 e. The van der Waals surface area contributed by atoms with Crippen LogP contribution in [-0.4, -0.2) is 37.0 Å². The van der Waals surface area contributed by atoms with Gasteiger partial charge in [0.1, 0.15) is 6.54 Å². The van der Waals surface area contributed by atoms with Crippen molar-refractivity contribution in [3.05, 3.63) is 35.4 Å². The van der Waals surface area contributed by atoms with E-state index in [0.29, 0.717) is 11.5 Å². The van der Waals surface area contributed by atoms with Gasteiger partial charge in [-0.25, -0.2) is 0 Å². The van der Waals surface area contributed by atoms with Crippen LogP contribution in [0.3, 0.4) is 0 Å². The van der Waals surface area contributed by atoms with Crippen molar-refractivity contribution in [1.29, 1.82) is 0 Å². The Hall–Kier alpha value is -2.37. The van der Waals surface area contributed by atoms with E-state index in [1.807, 2.05) is 26.0 Å². The molecule has 2 N–H and O–H groups in total. The van der Waals surface area contributed by atoms with Gasteiger partial charge in [-0.15, -0.1) is 0 Å². The van der Waals surface area contributed by atoms with E-state index in [4.69, 9.17) is 4.74 Å². The number of esters is 1. The maximum atomic E-state index is 12.0. The van der Waals surface area contributed by atoms with Crippen molar-refractivity contribution in [2.45, 2.75) is 45.6 Å². The minimum absolute atomic E-state index is 0.104. The molecule has 0 radical (unpaired) electrons. The molecule has 2 bridgehead atoms. The zero-order valence-corrected chi connectivity index (χ0v) is 16.0. The minimum atomic E-state index is -0.627. The standard InChI is InChI=1S/C21H28N2O4/c1-13-3-6-16(7-4-13)21(26)22-11-20(25)27-12-19(24)23-14(2)18-10-15-5-8-17(18)9-15/h3-4,6-7,14-15,17-18H,5,8-12H2,1-2H3,(H,22,26)(H,23,24)/t14-,15-,17-,18-/m0/s1. The second-order valence-corrected chi connectivity index (χ2v) is 7.90. The summed E-state index contributed by atoms with van der Waals surface area (Å²) >= 11 is 0. The summed E-state index contributed by atoms with van der Waals surface area (Å²) in [6, 6.07) is 7.15. The Bertz CT molecular complexity index is 701. The van der Waals surface area contributed by atoms with Gasteiger partial charge < -0.3 is 15.4 Å². The van der Waals surface area contributed by atoms with Crippen molar-refractivity contribution >= 4 is 17.8 Å². The molecule has 2 aliphatic carbocycles. The van der Waals surface area contributed by atoms with Gasteiger partial charge in [0.15, 0.2) is 6.61 Å². The van der Waals surface area contributed by atoms with E-state index in [1.54, 1.807) is 12.1 Å². The number of nitrogens with one attached hydrogen (secondary N) is 2. The molecule has 2 saturated carbocycles. The van der Waals surface area contributed by atoms with Crippen molar-refractivity contribution in [3.63, 3.8) is 0 Å². The molecule has 0 saturated heterocycles. The Morgan fingerprint density at radius 1 is 1.15 bits per heavy atom. The molecular formula is C21H28N2O4. The number of ether oxygens (including phenoxy) is 1. The van der Waals surface area contributed by atoms with Gasteiger partial charge in [-0.05, 0) is 63.0 Å². The normalized spacial score (nSPS) is 24.3. The van der Waals surface area contributed by atoms with E-state index in [0.717, 1.165) is 17.4 Å². The van der Waals surface area contributed by atoms with Gasteiger partial charge in [0.05, 0.1) is 0 Å². The third-order valence-corrected chi connectivity index (χ3v) is 5.89. The summed E-state index contributed by atoms with van der Waals surface area (Å²) in [5.41, 5.74) is 1.53. The molecule has 1 aromatic carbocycles. The average Bonchev–Trinajstić information content (AvgIpc) is 3.28. The van der Waals surface area contributed by atoms with Crippen LogP contribution in [0, 0.1) is 24.7 Å². The molecule has 0 aliphatic heterocycles. The molecule has 0 unspecified atom stereocenters. The van der Waals surface area contributed by atoms with E-state index >= 15 is 0 Å². The summed E-state index contributed by atoms with van der Waals surface area (Å²) in [7, 11) is 0. The first-order valence-electron chi connectivity index (χ1n) is 9.72. The maximum absolute atomic E-state index is 12.0. The monoisotopic (exact) mass is 372 g/mol. The summed E-state index contributed by atoms with van der Waals surface area (Å²) in [5.74, 6) is 0.833. The molecular weight excluding hydrogens is 344 g/mol. The third kappa shape index (κ3) is 5.08. The Balaban J connectivity index is 1.34. The number of carbonyl (C=O) groups is 3. The molecule has 2 aliphatic rings. The average molecular weight is 372 g/mol. The summed E-state index contributed by atoms with van der Waals surface area (Å²) in [4.78, 5) is 35.8. The Kier molecular flexibility index (Phi) is 6.14. The highest BCUT2D eigenvalue weighted by Crippen LogP contribution is 2.49. The highest BCUT2D eigenvalue weighted by molar-refractivity contribution is 5.96. The van der Waals surface area contributed by atoms with Crippen LogP contribution in [0.15, 0.2) is 24.3 Å². The SMILES string of the molecule is Cc1ccc(C(=O)NCC(=O)OCC(=O)N[C@@H](C)[C@@H]2C[C@H]3CC[C@H]2C3)cc1. The quantitative estimate of drug-likeness (QED) is 0.719. The van der Waals surface area contributed by atoms with E-state index < -0.39 is 5.97 Å². The molecule has 146 valence electrons. The number of fused-ring (bicyclic) bond motifs is 2. The number of rotatable bonds is 7. The lowest BCUT2D eigenvalue weighted by atomic mass is 9.84. The van der Waals surface area contributed by atoms with Gasteiger partial charge in [-0.1, -0.05) is 24.1 Å². The molecule has 2 fully saturated rings. The van der Waals surface area contributed by atoms with E-state index in [9.17, 15) is 14.4 Å². The topological polar surface area (TPSA) is 84.5 Å². The molecule has 6 nitrogen and oxygen atoms in total. The molecule has 4 atom stereocenters. The smallest absolute Gasteiger partial charge is 0.325 e. The number of carbonyl (C=O) groups excluding carboxylic acids is 3. The van der Waals surface area contributed by atoms with Gasteiger partial charge in [0.25, 0.3) is 11.8 Å². The highest BCUT2D eigenvalue weighted by atomic mass is 16.5. The van der Waals surface area contributed by atoms with Gasteiger partial charge in [-0.2, -0.15) is 0 Å². The van der Waals surface area contributed by atoms with E-state index in [2.05, 4.69) is 10.6 Å². The lowest BCUT2D eigenvalue weighted by Crippen LogP contribution is -2.42. The minimum Gasteiger partial charge on any atom is -0.454 e. The fourth-order valence-electron chi connectivity index (χ4n) is 4.47. The zero-order chi connectivity index (χ0) is 19.4. The zero-order valence-electron chi connectivity index (χ0n) is 16.0. The van der Waals surface area contributed by atoms with Gasteiger partial charge in [-0.3, -0.25) is 14.4 Å². The molecule has 6 heteroatoms. The van der Waals surface area contributed by atoms with E-state index in [1.165, 1.54) is 25.7 Å². The Morgan fingerprint density at radius 3 is 2.52 bits per heavy atom. The van der Waals surface area contributed by atoms with Crippen LogP contribution >= 0.6 is 0 Å². The molecule has 0 aromatic heterocycles. The van der Waals surface area contributed by atoms with Crippen LogP contribution in [0.2, 0.25) is 0 Å². The summed E-state index contributed by atoms with van der Waals surface area (Å²) in [6.45, 7) is 3.39. The number of hydrogen-bond acceptors (Lipinski definition) is 4. The summed E-state index contributed by atoms with van der Waals surface area (Å²) in [6.07, 6.45) is 5.08. The van der Waals surface area contributed by atoms with Crippen molar-refractivity contribution < 1.29 is 19.1 Å². The first kappa shape index (κ1) is 19.4. The molecule has 27 heavy (non-hydrogen) atoms. The largest absolute Gasteiger partial charge is 0.454 e. The molecule has 0 spiro atoms. The Morgan fingerprint density at radius 2 is 1.89 bits per heavy atom. The van der Waals surface area contributed by atoms with Crippen LogP contribution in [0.25, 0.3) is 0 Å². The molecule has 0 heterocycles. The van der Waals surface area contributed by atoms with Crippen LogP contribution in [-0.2, 0) is 14.3 Å². The first-order valence-corrected chi connectivity index (χ1v) is 9.72. The predicted octanol–water partition coefficient (Wildman–Crippen LogP) is 2.21. The second kappa shape index (κ2) is 8.55. The summed E-state index contributed by atoms with van der Waals surface area (Å²) < 4.78 is 4.97. The second-order valence-electron chi connectivity index (χ2n) is 7.90. The van der Waals surface area contributed by atoms with Crippen LogP contribution < -0.4 is 10.6 Å². The number of aryl methyl sites for hydroxylation is 1. The fraction of sp³-hybridized carbons (Fsp3) is 0.571. The lowest BCUT2D eigenvalue weighted by molar-refractivity contribution is -0.147. The van der Waals surface area contributed by atoms with Crippen LogP contribution in [0.5, 0.6) is 0 Å². The van der Waals surface area contributed by atoms with Crippen molar-refractivity contribution in [1.82, 2.24) is 10.6 Å². The number of amides is 2. The highest BCUT2D eigenvalue weighted by Gasteiger charge is 2.42. The third-order valence-electron chi connectivity index (χ3n) is 5.89. The molecule has 2 amide bonds. The van der Waals surface area contributed by atoms with E-state index in [-0.39, 0.29) is 31.0 Å². The van der Waals surface area contributed by atoms with Gasteiger partial charge in [0, 0.05) is 11.6 Å². The molecule has 3 rings (SSSR count). The summed E-state index contributed by atoms with van der Waals surface area (Å²) in [5, 5.41) is 5.46. The van der Waals surface area contributed by atoms with Crippen molar-refractivity contribution in [2.24, 2.45) is 17.8 Å². The number of benzene rings is 1. The lowest BCUT2D eigenvalue weighted by Gasteiger charge is -2.28. The molecule has 1 aromatic rings. The fourth-order valence-corrected chi connectivity index (χ4v) is 4.47. The van der Waals surface area contributed by atoms with Crippen molar-refractivity contribution in [2.75, 3.05) is 13.2 Å². The first-order chi connectivity index (χ1) is 12.9. The number of hydrogen-bond donors (Lipinski definition) is 2. The van der Waals surface area contributed by atoms with Crippen molar-refractivity contribution in [3.8, 4) is 0 Å². The van der Waals surface area contributed by atoms with Crippen LogP contribution in [0.4, 0.5) is 0 Å². The van der Waals surface area contributed by atoms with Crippen LogP contribution in [0.1, 0.15) is 48.5 Å².